The van der Waals surface area contributed by atoms with Crippen molar-refractivity contribution in [2.75, 3.05) is 31.7 Å². The zero-order valence-electron chi connectivity index (χ0n) is 15.9. The molecule has 7 nitrogen and oxygen atoms in total. The third kappa shape index (κ3) is 4.87. The number of aryl methyl sites for hydroxylation is 1. The van der Waals surface area contributed by atoms with Gasteiger partial charge in [0.25, 0.3) is 0 Å². The van der Waals surface area contributed by atoms with Crippen LogP contribution in [-0.4, -0.2) is 47.8 Å². The van der Waals surface area contributed by atoms with Gasteiger partial charge in [-0.2, -0.15) is 13.2 Å². The van der Waals surface area contributed by atoms with Gasteiger partial charge in [0.05, 0.1) is 19.3 Å². The lowest BCUT2D eigenvalue weighted by molar-refractivity contribution is -0.139. The minimum absolute atomic E-state index is 0.0559. The van der Waals surface area contributed by atoms with Crippen molar-refractivity contribution in [1.29, 1.82) is 0 Å². The zero-order valence-corrected chi connectivity index (χ0v) is 15.9. The second-order valence-electron chi connectivity index (χ2n) is 6.77. The van der Waals surface area contributed by atoms with E-state index in [-0.39, 0.29) is 29.7 Å². The van der Waals surface area contributed by atoms with Gasteiger partial charge in [0.2, 0.25) is 5.95 Å². The number of rotatable bonds is 6. The number of hydrogen-bond acceptors (Lipinski definition) is 6. The second kappa shape index (κ2) is 8.14. The predicted octanol–water partition coefficient (Wildman–Crippen LogP) is 3.42. The fourth-order valence-electron chi connectivity index (χ4n) is 3.15. The van der Waals surface area contributed by atoms with Crippen molar-refractivity contribution < 1.29 is 32.5 Å². The van der Waals surface area contributed by atoms with Crippen LogP contribution < -0.4 is 14.4 Å². The van der Waals surface area contributed by atoms with Gasteiger partial charge >= 0.3 is 12.1 Å². The van der Waals surface area contributed by atoms with Crippen molar-refractivity contribution in [2.24, 2.45) is 5.92 Å². The van der Waals surface area contributed by atoms with Crippen LogP contribution in [0.2, 0.25) is 0 Å². The summed E-state index contributed by atoms with van der Waals surface area (Å²) in [7, 11) is 1.37. The number of benzene rings is 1. The number of hydrogen-bond donors (Lipinski definition) is 1. The van der Waals surface area contributed by atoms with E-state index < -0.39 is 17.7 Å². The van der Waals surface area contributed by atoms with Gasteiger partial charge in [0, 0.05) is 30.8 Å². The third-order valence-electron chi connectivity index (χ3n) is 4.60. The predicted molar refractivity (Wildman–Crippen MR) is 97.5 cm³/mol. The van der Waals surface area contributed by atoms with Gasteiger partial charge in [-0.1, -0.05) is 0 Å². The van der Waals surface area contributed by atoms with Crippen LogP contribution >= 0.6 is 0 Å². The first-order valence-corrected chi connectivity index (χ1v) is 8.89. The highest BCUT2D eigenvalue weighted by molar-refractivity contribution is 5.85. The first-order valence-electron chi connectivity index (χ1n) is 8.89. The van der Waals surface area contributed by atoms with E-state index in [1.165, 1.54) is 25.3 Å². The van der Waals surface area contributed by atoms with E-state index in [9.17, 15) is 18.0 Å². The Hall–Kier alpha value is -3.04. The molecule has 1 saturated heterocycles. The molecule has 0 unspecified atom stereocenters. The number of methoxy groups -OCH3 is 1. The van der Waals surface area contributed by atoms with Crippen LogP contribution in [0.5, 0.6) is 11.5 Å². The minimum atomic E-state index is -4.54. The Kier molecular flexibility index (Phi) is 5.81. The van der Waals surface area contributed by atoms with Crippen LogP contribution in [0.1, 0.15) is 28.2 Å². The molecule has 156 valence electrons. The van der Waals surface area contributed by atoms with Crippen LogP contribution in [0, 0.1) is 12.8 Å². The van der Waals surface area contributed by atoms with Crippen molar-refractivity contribution in [3.05, 3.63) is 41.2 Å². The Bertz CT molecular complexity index is 905. The van der Waals surface area contributed by atoms with E-state index in [0.717, 1.165) is 6.07 Å². The van der Waals surface area contributed by atoms with Gasteiger partial charge in [-0.25, -0.2) is 14.8 Å². The molecule has 1 aliphatic heterocycles. The second-order valence-corrected chi connectivity index (χ2v) is 6.77. The molecule has 0 aliphatic carbocycles. The fraction of sp³-hybridized carbons (Fsp3) is 0.421. The standard InChI is InChI=1S/C19H20F3N3O4/c1-11-7-15(17(26)27)24-18(23-11)25-6-5-12(9-25)10-29-16-8-13(28-2)3-4-14(16)19(20,21)22/h3-4,7-8,12H,5-6,9-10H2,1-2H3,(H,26,27)/t12-/m0/s1. The van der Waals surface area contributed by atoms with Crippen LogP contribution in [0.25, 0.3) is 0 Å². The fourth-order valence-corrected chi connectivity index (χ4v) is 3.15. The average Bonchev–Trinajstić information content (AvgIpc) is 3.14. The Morgan fingerprint density at radius 3 is 2.72 bits per heavy atom. The van der Waals surface area contributed by atoms with Gasteiger partial charge in [-0.15, -0.1) is 0 Å². The highest BCUT2D eigenvalue weighted by Crippen LogP contribution is 2.38. The zero-order chi connectivity index (χ0) is 21.2. The van der Waals surface area contributed by atoms with Gasteiger partial charge in [-0.05, 0) is 31.5 Å². The molecule has 0 spiro atoms. The van der Waals surface area contributed by atoms with Gasteiger partial charge in [0.15, 0.2) is 5.69 Å². The summed E-state index contributed by atoms with van der Waals surface area (Å²) in [4.78, 5) is 21.3. The maximum atomic E-state index is 13.2. The molecule has 0 saturated carbocycles. The summed E-state index contributed by atoms with van der Waals surface area (Å²) in [6, 6.07) is 4.77. The number of halogens is 3. The Balaban J connectivity index is 1.69. The molecule has 1 aromatic carbocycles. The van der Waals surface area contributed by atoms with E-state index >= 15 is 0 Å². The highest BCUT2D eigenvalue weighted by Gasteiger charge is 2.35. The van der Waals surface area contributed by atoms with Crippen molar-refractivity contribution in [2.45, 2.75) is 19.5 Å². The number of carboxylic acid groups (broad SMARTS) is 1. The van der Waals surface area contributed by atoms with E-state index in [2.05, 4.69) is 9.97 Å². The summed E-state index contributed by atoms with van der Waals surface area (Å²) < 4.78 is 50.1. The molecule has 10 heteroatoms. The monoisotopic (exact) mass is 411 g/mol. The summed E-state index contributed by atoms with van der Waals surface area (Å²) >= 11 is 0. The lowest BCUT2D eigenvalue weighted by Crippen LogP contribution is -2.25. The number of aromatic carboxylic acids is 1. The summed E-state index contributed by atoms with van der Waals surface area (Å²) in [5.41, 5.74) is -0.432. The quantitative estimate of drug-likeness (QED) is 0.780. The van der Waals surface area contributed by atoms with Gasteiger partial charge in [0.1, 0.15) is 11.5 Å². The highest BCUT2D eigenvalue weighted by atomic mass is 19.4. The Morgan fingerprint density at radius 2 is 2.07 bits per heavy atom. The maximum Gasteiger partial charge on any atom is 0.419 e. The summed E-state index contributed by atoms with van der Waals surface area (Å²) in [6.45, 7) is 2.76. The smallest absolute Gasteiger partial charge is 0.419 e. The molecule has 3 rings (SSSR count). The van der Waals surface area contributed by atoms with E-state index in [1.54, 1.807) is 6.92 Å². The SMILES string of the molecule is COc1ccc(C(F)(F)F)c(OC[C@H]2CCN(c3nc(C)cc(C(=O)O)n3)C2)c1. The van der Waals surface area contributed by atoms with E-state index in [4.69, 9.17) is 14.6 Å². The molecule has 1 aliphatic rings. The van der Waals surface area contributed by atoms with E-state index in [1.807, 2.05) is 4.90 Å². The molecule has 1 atom stereocenters. The first kappa shape index (κ1) is 20.7. The van der Waals surface area contributed by atoms with Gasteiger partial charge < -0.3 is 19.5 Å². The summed E-state index contributed by atoms with van der Waals surface area (Å²) in [5, 5.41) is 9.14. The number of nitrogens with zero attached hydrogens (tertiary/aromatic N) is 3. The largest absolute Gasteiger partial charge is 0.497 e. The van der Waals surface area contributed by atoms with Crippen molar-refractivity contribution >= 4 is 11.9 Å². The maximum absolute atomic E-state index is 13.2. The lowest BCUT2D eigenvalue weighted by Gasteiger charge is -2.19. The van der Waals surface area contributed by atoms with Gasteiger partial charge in [-0.3, -0.25) is 0 Å². The minimum Gasteiger partial charge on any atom is -0.497 e. The van der Waals surface area contributed by atoms with Crippen LogP contribution in [0.4, 0.5) is 19.1 Å². The molecule has 0 bridgehead atoms. The molecule has 0 radical (unpaired) electrons. The Labute approximate surface area is 165 Å². The number of alkyl halides is 3. The topological polar surface area (TPSA) is 84.8 Å². The van der Waals surface area contributed by atoms with E-state index in [0.29, 0.717) is 31.2 Å². The molecule has 1 aromatic heterocycles. The third-order valence-corrected chi connectivity index (χ3v) is 4.60. The lowest BCUT2D eigenvalue weighted by atomic mass is 10.1. The number of aromatic nitrogens is 2. The number of ether oxygens (including phenoxy) is 2. The van der Waals surface area contributed by atoms with Crippen LogP contribution in [0.15, 0.2) is 24.3 Å². The van der Waals surface area contributed by atoms with Crippen molar-refractivity contribution in [3.63, 3.8) is 0 Å². The van der Waals surface area contributed by atoms with Crippen molar-refractivity contribution in [1.82, 2.24) is 9.97 Å². The molecule has 0 amide bonds. The average molecular weight is 411 g/mol. The number of carboxylic acids is 1. The molecule has 1 N–H and O–H groups in total. The number of anilines is 1. The Morgan fingerprint density at radius 1 is 1.31 bits per heavy atom. The molecule has 29 heavy (non-hydrogen) atoms. The number of carbonyl (C=O) groups is 1. The molecule has 2 heterocycles. The molecular weight excluding hydrogens is 391 g/mol. The normalized spacial score (nSPS) is 16.7. The van der Waals surface area contributed by atoms with Crippen LogP contribution in [-0.2, 0) is 6.18 Å². The molecule has 1 fully saturated rings. The summed E-state index contributed by atoms with van der Waals surface area (Å²) in [6.07, 6.45) is -3.88. The first-order chi connectivity index (χ1) is 13.7. The molecule has 2 aromatic rings. The van der Waals surface area contributed by atoms with Crippen molar-refractivity contribution in [3.8, 4) is 11.5 Å². The molecular formula is C19H20F3N3O4. The summed E-state index contributed by atoms with van der Waals surface area (Å²) in [5.74, 6) is -0.916. The van der Waals surface area contributed by atoms with Crippen LogP contribution in [0.3, 0.4) is 0 Å².